The number of carbonyl (C=O) groups is 1. The Hall–Kier alpha value is -1.41. The average molecular weight is 218 g/mol. The molecule has 0 heterocycles. The van der Waals surface area contributed by atoms with Crippen LogP contribution in [0.4, 0.5) is 0 Å². The molecule has 1 aromatic carbocycles. The van der Waals surface area contributed by atoms with Crippen molar-refractivity contribution in [1.82, 2.24) is 0 Å². The van der Waals surface area contributed by atoms with Gasteiger partial charge in [-0.1, -0.05) is 49.4 Å². The van der Waals surface area contributed by atoms with E-state index in [9.17, 15) is 4.79 Å². The third-order valence-corrected chi connectivity index (χ3v) is 2.62. The molecule has 0 aliphatic carbocycles. The molecule has 0 spiro atoms. The van der Waals surface area contributed by atoms with Crippen molar-refractivity contribution in [3.8, 4) is 0 Å². The van der Waals surface area contributed by atoms with Crippen molar-refractivity contribution < 1.29 is 9.53 Å². The van der Waals surface area contributed by atoms with E-state index in [1.807, 2.05) is 56.3 Å². The molecule has 0 amide bonds. The minimum absolute atomic E-state index is 0.116. The first-order valence-electron chi connectivity index (χ1n) is 5.45. The number of benzene rings is 1. The van der Waals surface area contributed by atoms with Crippen molar-refractivity contribution in [2.75, 3.05) is 7.11 Å². The summed E-state index contributed by atoms with van der Waals surface area (Å²) >= 11 is 0. The smallest absolute Gasteiger partial charge is 0.168 e. The van der Waals surface area contributed by atoms with Gasteiger partial charge in [0.1, 0.15) is 0 Å². The Labute approximate surface area is 96.9 Å². The molecule has 16 heavy (non-hydrogen) atoms. The van der Waals surface area contributed by atoms with Crippen LogP contribution in [-0.2, 0) is 4.74 Å². The van der Waals surface area contributed by atoms with Gasteiger partial charge in [0.15, 0.2) is 5.78 Å². The van der Waals surface area contributed by atoms with E-state index in [0.717, 1.165) is 5.56 Å². The molecule has 0 bridgehead atoms. The maximum absolute atomic E-state index is 12.1. The highest BCUT2D eigenvalue weighted by Crippen LogP contribution is 2.15. The molecule has 2 heteroatoms. The molecule has 86 valence electrons. The molecule has 2 atom stereocenters. The zero-order chi connectivity index (χ0) is 12.0. The van der Waals surface area contributed by atoms with Crippen LogP contribution in [-0.4, -0.2) is 19.0 Å². The molecule has 0 radical (unpaired) electrons. The summed E-state index contributed by atoms with van der Waals surface area (Å²) in [6, 6.07) is 9.32. The third-order valence-electron chi connectivity index (χ3n) is 2.62. The van der Waals surface area contributed by atoms with Gasteiger partial charge < -0.3 is 4.74 Å². The van der Waals surface area contributed by atoms with Crippen LogP contribution in [0.1, 0.15) is 24.2 Å². The second-order valence-corrected chi connectivity index (χ2v) is 3.75. The summed E-state index contributed by atoms with van der Waals surface area (Å²) in [5.41, 5.74) is 0.738. The number of hydrogen-bond acceptors (Lipinski definition) is 2. The normalized spacial score (nSPS) is 14.9. The summed E-state index contributed by atoms with van der Waals surface area (Å²) in [6.07, 6.45) is 3.66. The van der Waals surface area contributed by atoms with Crippen LogP contribution >= 0.6 is 0 Å². The number of hydrogen-bond donors (Lipinski definition) is 0. The second-order valence-electron chi connectivity index (χ2n) is 3.75. The topological polar surface area (TPSA) is 26.3 Å². The number of Topliss-reactive ketones (excluding diaryl/α,β-unsaturated/α-hetero) is 1. The van der Waals surface area contributed by atoms with Gasteiger partial charge in [-0.15, -0.1) is 0 Å². The number of allylic oxidation sites excluding steroid dienone is 1. The van der Waals surface area contributed by atoms with Crippen LogP contribution in [0.2, 0.25) is 0 Å². The van der Waals surface area contributed by atoms with E-state index in [2.05, 4.69) is 0 Å². The van der Waals surface area contributed by atoms with Gasteiger partial charge in [-0.25, -0.2) is 0 Å². The number of ketones is 1. The molecule has 1 rings (SSSR count). The zero-order valence-corrected chi connectivity index (χ0v) is 10.0. The summed E-state index contributed by atoms with van der Waals surface area (Å²) in [6.45, 7) is 3.81. The molecule has 0 aliphatic rings. The van der Waals surface area contributed by atoms with Gasteiger partial charge in [0.05, 0.1) is 6.10 Å². The summed E-state index contributed by atoms with van der Waals surface area (Å²) in [7, 11) is 1.62. The second kappa shape index (κ2) is 6.23. The van der Waals surface area contributed by atoms with Crippen molar-refractivity contribution >= 4 is 5.78 Å². The van der Waals surface area contributed by atoms with E-state index in [4.69, 9.17) is 4.74 Å². The summed E-state index contributed by atoms with van der Waals surface area (Å²) < 4.78 is 5.29. The lowest BCUT2D eigenvalue weighted by atomic mass is 9.94. The predicted molar refractivity (Wildman–Crippen MR) is 65.5 cm³/mol. The summed E-state index contributed by atoms with van der Waals surface area (Å²) in [5, 5.41) is 0. The highest BCUT2D eigenvalue weighted by molar-refractivity contribution is 5.98. The van der Waals surface area contributed by atoms with Gasteiger partial charge in [-0.05, 0) is 6.92 Å². The number of methoxy groups -OCH3 is 1. The van der Waals surface area contributed by atoms with Crippen LogP contribution in [0.15, 0.2) is 42.5 Å². The van der Waals surface area contributed by atoms with E-state index >= 15 is 0 Å². The third kappa shape index (κ3) is 3.04. The average Bonchev–Trinajstić information content (AvgIpc) is 2.35. The molecule has 0 aromatic heterocycles. The Morgan fingerprint density at radius 1 is 1.31 bits per heavy atom. The quantitative estimate of drug-likeness (QED) is 0.560. The summed E-state index contributed by atoms with van der Waals surface area (Å²) in [5.74, 6) is -0.0471. The lowest BCUT2D eigenvalue weighted by Gasteiger charge is -2.18. The van der Waals surface area contributed by atoms with Crippen molar-refractivity contribution in [3.05, 3.63) is 48.0 Å². The van der Waals surface area contributed by atoms with Gasteiger partial charge in [0.25, 0.3) is 0 Å². The minimum atomic E-state index is -0.163. The standard InChI is InChI=1S/C14H18O2/c1-4-8-13(16-3)11(2)14(15)12-9-6-5-7-10-12/h4-11,13H,1-3H3/b8-4+/t11-,13+/m1/s1. The molecule has 0 saturated carbocycles. The van der Waals surface area contributed by atoms with Gasteiger partial charge in [0.2, 0.25) is 0 Å². The largest absolute Gasteiger partial charge is 0.377 e. The van der Waals surface area contributed by atoms with Gasteiger partial charge in [0, 0.05) is 18.6 Å². The molecule has 1 aromatic rings. The van der Waals surface area contributed by atoms with E-state index in [1.54, 1.807) is 7.11 Å². The Balaban J connectivity index is 2.81. The number of rotatable bonds is 5. The van der Waals surface area contributed by atoms with Crippen molar-refractivity contribution in [2.24, 2.45) is 5.92 Å². The first-order valence-corrected chi connectivity index (χ1v) is 5.45. The molecule has 0 N–H and O–H groups in total. The fourth-order valence-corrected chi connectivity index (χ4v) is 1.65. The SMILES string of the molecule is C/C=C/[C@H](OC)[C@@H](C)C(=O)c1ccccc1. The Bertz CT molecular complexity index is 354. The van der Waals surface area contributed by atoms with Gasteiger partial charge in [-0.2, -0.15) is 0 Å². The summed E-state index contributed by atoms with van der Waals surface area (Å²) in [4.78, 5) is 12.1. The first-order chi connectivity index (χ1) is 7.70. The fraction of sp³-hybridized carbons (Fsp3) is 0.357. The van der Waals surface area contributed by atoms with Crippen LogP contribution < -0.4 is 0 Å². The minimum Gasteiger partial charge on any atom is -0.377 e. The van der Waals surface area contributed by atoms with Gasteiger partial charge in [-0.3, -0.25) is 4.79 Å². The molecule has 0 fully saturated rings. The molecule has 0 aliphatic heterocycles. The maximum Gasteiger partial charge on any atom is 0.168 e. The van der Waals surface area contributed by atoms with Crippen molar-refractivity contribution in [2.45, 2.75) is 20.0 Å². The Morgan fingerprint density at radius 2 is 1.94 bits per heavy atom. The number of ether oxygens (including phenoxy) is 1. The first kappa shape index (κ1) is 12.7. The fourth-order valence-electron chi connectivity index (χ4n) is 1.65. The van der Waals surface area contributed by atoms with Gasteiger partial charge >= 0.3 is 0 Å². The van der Waals surface area contributed by atoms with Crippen LogP contribution in [0.25, 0.3) is 0 Å². The molecule has 2 nitrogen and oxygen atoms in total. The molecular formula is C14H18O2. The Kier molecular flexibility index (Phi) is 4.93. The lowest BCUT2D eigenvalue weighted by Crippen LogP contribution is -2.25. The van der Waals surface area contributed by atoms with E-state index in [1.165, 1.54) is 0 Å². The van der Waals surface area contributed by atoms with E-state index in [0.29, 0.717) is 0 Å². The molecule has 0 saturated heterocycles. The van der Waals surface area contributed by atoms with Crippen LogP contribution in [0, 0.1) is 5.92 Å². The van der Waals surface area contributed by atoms with Crippen LogP contribution in [0.3, 0.4) is 0 Å². The van der Waals surface area contributed by atoms with E-state index in [-0.39, 0.29) is 17.8 Å². The predicted octanol–water partition coefficient (Wildman–Crippen LogP) is 3.10. The highest BCUT2D eigenvalue weighted by Gasteiger charge is 2.22. The maximum atomic E-state index is 12.1. The zero-order valence-electron chi connectivity index (χ0n) is 10.0. The van der Waals surface area contributed by atoms with Crippen LogP contribution in [0.5, 0.6) is 0 Å². The van der Waals surface area contributed by atoms with Crippen molar-refractivity contribution in [1.29, 1.82) is 0 Å². The molecular weight excluding hydrogens is 200 g/mol. The number of carbonyl (C=O) groups excluding carboxylic acids is 1. The molecule has 0 unspecified atom stereocenters. The monoisotopic (exact) mass is 218 g/mol. The highest BCUT2D eigenvalue weighted by atomic mass is 16.5. The van der Waals surface area contributed by atoms with E-state index < -0.39 is 0 Å². The lowest BCUT2D eigenvalue weighted by molar-refractivity contribution is 0.0673. The Morgan fingerprint density at radius 3 is 2.44 bits per heavy atom. The van der Waals surface area contributed by atoms with Crippen molar-refractivity contribution in [3.63, 3.8) is 0 Å².